The summed E-state index contributed by atoms with van der Waals surface area (Å²) in [6.07, 6.45) is 0. The average Bonchev–Trinajstić information content (AvgIpc) is 2.72. The molecule has 30 heavy (non-hydrogen) atoms. The van der Waals surface area contributed by atoms with Crippen molar-refractivity contribution in [1.82, 2.24) is 4.98 Å². The van der Waals surface area contributed by atoms with E-state index in [1.165, 1.54) is 25.3 Å². The largest absolute Gasteiger partial charge is 0.478 e. The number of nitrogen functional groups attached to an aromatic ring is 1. The molecule has 0 bridgehead atoms. The normalized spacial score (nSPS) is 10.4. The number of aromatic nitrogens is 1. The summed E-state index contributed by atoms with van der Waals surface area (Å²) in [5.41, 5.74) is 4.63. The van der Waals surface area contributed by atoms with Gasteiger partial charge in [0.2, 0.25) is 0 Å². The van der Waals surface area contributed by atoms with Crippen LogP contribution in [0.1, 0.15) is 31.1 Å². The number of pyridine rings is 1. The first-order valence-corrected chi connectivity index (χ1v) is 8.56. The maximum atomic E-state index is 12.3. The minimum Gasteiger partial charge on any atom is -0.478 e. The van der Waals surface area contributed by atoms with E-state index < -0.39 is 40.4 Å². The lowest BCUT2D eigenvalue weighted by Gasteiger charge is -2.16. The van der Waals surface area contributed by atoms with Crippen LogP contribution in [0.3, 0.4) is 0 Å². The summed E-state index contributed by atoms with van der Waals surface area (Å²) in [5.74, 6) is -4.07. The second kappa shape index (κ2) is 7.92. The number of carboxylic acids is 2. The Balaban J connectivity index is 2.34. The smallest absolute Gasteiger partial charge is 0.342 e. The average molecular weight is 408 g/mol. The lowest BCUT2D eigenvalue weighted by atomic mass is 9.89. The molecule has 0 aliphatic rings. The van der Waals surface area contributed by atoms with Crippen molar-refractivity contribution < 1.29 is 29.3 Å². The van der Waals surface area contributed by atoms with Crippen LogP contribution in [0.2, 0.25) is 0 Å². The van der Waals surface area contributed by atoms with Crippen LogP contribution in [-0.2, 0) is 4.74 Å². The zero-order valence-electron chi connectivity index (χ0n) is 15.6. The van der Waals surface area contributed by atoms with Gasteiger partial charge in [-0.1, -0.05) is 36.4 Å². The second-order valence-corrected chi connectivity index (χ2v) is 6.22. The van der Waals surface area contributed by atoms with Gasteiger partial charge in [0.1, 0.15) is 16.9 Å². The number of hydrogen-bond acceptors (Lipinski definition) is 6. The van der Waals surface area contributed by atoms with Crippen LogP contribution in [0.15, 0.2) is 53.3 Å². The number of hydrogen-bond donors (Lipinski definition) is 4. The monoisotopic (exact) mass is 408 g/mol. The number of carbonyl (C=O) groups excluding carboxylic acids is 1. The fourth-order valence-electron chi connectivity index (χ4n) is 3.17. The molecule has 1 aromatic heterocycles. The highest BCUT2D eigenvalue weighted by atomic mass is 16.5. The van der Waals surface area contributed by atoms with E-state index in [-0.39, 0.29) is 11.1 Å². The molecule has 2 aromatic carbocycles. The standard InChI is InChI=1S/C21H16N2O7/c1-30-21(29)11-8-6-10(7-9-11)12-4-2-3-5-13(12)14-15(19(25)26)17(22)23-18(24)16(14)20(27)28/h2-9H,1H3,(H,25,26)(H,27,28)(H3,22,23,24). The van der Waals surface area contributed by atoms with Gasteiger partial charge in [0, 0.05) is 5.56 Å². The van der Waals surface area contributed by atoms with Crippen LogP contribution in [0.5, 0.6) is 0 Å². The predicted molar refractivity (Wildman–Crippen MR) is 108 cm³/mol. The van der Waals surface area contributed by atoms with Crippen molar-refractivity contribution in [2.45, 2.75) is 0 Å². The van der Waals surface area contributed by atoms with Crippen LogP contribution in [0.25, 0.3) is 22.3 Å². The third-order valence-corrected chi connectivity index (χ3v) is 4.49. The van der Waals surface area contributed by atoms with Crippen molar-refractivity contribution in [3.05, 3.63) is 75.6 Å². The Morgan fingerprint density at radius 1 is 0.900 bits per heavy atom. The number of carboxylic acid groups (broad SMARTS) is 2. The number of aromatic carboxylic acids is 2. The van der Waals surface area contributed by atoms with Gasteiger partial charge in [0.25, 0.3) is 5.56 Å². The highest BCUT2D eigenvalue weighted by Crippen LogP contribution is 2.36. The van der Waals surface area contributed by atoms with Gasteiger partial charge >= 0.3 is 17.9 Å². The van der Waals surface area contributed by atoms with Gasteiger partial charge in [0.05, 0.1) is 12.7 Å². The first-order chi connectivity index (χ1) is 14.3. The number of nitrogens with two attached hydrogens (primary N) is 1. The van der Waals surface area contributed by atoms with Gasteiger partial charge in [-0.3, -0.25) is 4.79 Å². The molecule has 3 rings (SSSR count). The third-order valence-electron chi connectivity index (χ3n) is 4.49. The summed E-state index contributed by atoms with van der Waals surface area (Å²) in [4.78, 5) is 49.7. The molecule has 152 valence electrons. The summed E-state index contributed by atoms with van der Waals surface area (Å²) >= 11 is 0. The predicted octanol–water partition coefficient (Wildman–Crippen LogP) is 2.47. The molecule has 0 fully saturated rings. The van der Waals surface area contributed by atoms with E-state index in [0.717, 1.165) is 0 Å². The Bertz CT molecular complexity index is 1230. The van der Waals surface area contributed by atoms with E-state index in [2.05, 4.69) is 9.72 Å². The number of rotatable bonds is 5. The molecular formula is C21H16N2O7. The lowest BCUT2D eigenvalue weighted by molar-refractivity contribution is 0.0599. The lowest BCUT2D eigenvalue weighted by Crippen LogP contribution is -2.24. The summed E-state index contributed by atoms with van der Waals surface area (Å²) in [6, 6.07) is 12.6. The van der Waals surface area contributed by atoms with Crippen molar-refractivity contribution in [1.29, 1.82) is 0 Å². The molecule has 0 spiro atoms. The molecule has 0 amide bonds. The van der Waals surface area contributed by atoms with Gasteiger partial charge in [-0.05, 0) is 28.8 Å². The molecule has 0 saturated carbocycles. The molecule has 0 saturated heterocycles. The maximum Gasteiger partial charge on any atom is 0.342 e. The van der Waals surface area contributed by atoms with Crippen molar-refractivity contribution in [2.24, 2.45) is 0 Å². The highest BCUT2D eigenvalue weighted by molar-refractivity contribution is 6.09. The van der Waals surface area contributed by atoms with E-state index >= 15 is 0 Å². The maximum absolute atomic E-state index is 12.3. The minimum absolute atomic E-state index is 0.191. The third kappa shape index (κ3) is 3.51. The molecule has 9 heteroatoms. The van der Waals surface area contributed by atoms with E-state index in [4.69, 9.17) is 5.73 Å². The second-order valence-electron chi connectivity index (χ2n) is 6.22. The van der Waals surface area contributed by atoms with Gasteiger partial charge in [0.15, 0.2) is 0 Å². The number of carbonyl (C=O) groups is 3. The van der Waals surface area contributed by atoms with E-state index in [1.54, 1.807) is 30.3 Å². The van der Waals surface area contributed by atoms with Crippen LogP contribution < -0.4 is 11.3 Å². The number of ether oxygens (including phenoxy) is 1. The Morgan fingerprint density at radius 3 is 2.00 bits per heavy atom. The Hall–Kier alpha value is -4.40. The molecule has 0 aliphatic carbocycles. The van der Waals surface area contributed by atoms with Crippen LogP contribution in [-0.4, -0.2) is 40.2 Å². The van der Waals surface area contributed by atoms with Crippen molar-refractivity contribution in [3.8, 4) is 22.3 Å². The summed E-state index contributed by atoms with van der Waals surface area (Å²) in [5, 5.41) is 19.2. The number of anilines is 1. The van der Waals surface area contributed by atoms with Crippen molar-refractivity contribution >= 4 is 23.7 Å². The minimum atomic E-state index is -1.59. The Morgan fingerprint density at radius 2 is 1.47 bits per heavy atom. The van der Waals surface area contributed by atoms with Crippen molar-refractivity contribution in [2.75, 3.05) is 12.8 Å². The molecule has 0 aliphatic heterocycles. The molecule has 3 aromatic rings. The topological polar surface area (TPSA) is 160 Å². The summed E-state index contributed by atoms with van der Waals surface area (Å²) in [6.45, 7) is 0. The number of H-pyrrole nitrogens is 1. The molecule has 1 heterocycles. The number of aromatic amines is 1. The fourth-order valence-corrected chi connectivity index (χ4v) is 3.17. The van der Waals surface area contributed by atoms with Crippen LogP contribution in [0, 0.1) is 0 Å². The number of benzene rings is 2. The van der Waals surface area contributed by atoms with E-state index in [1.807, 2.05) is 0 Å². The number of esters is 1. The zero-order chi connectivity index (χ0) is 22.0. The molecule has 0 unspecified atom stereocenters. The quantitative estimate of drug-likeness (QED) is 0.468. The number of methoxy groups -OCH3 is 1. The van der Waals surface area contributed by atoms with Crippen LogP contribution >= 0.6 is 0 Å². The summed E-state index contributed by atoms with van der Waals surface area (Å²) < 4.78 is 4.66. The van der Waals surface area contributed by atoms with Gasteiger partial charge in [-0.2, -0.15) is 0 Å². The SMILES string of the molecule is COC(=O)c1ccc(-c2ccccc2-c2c(C(=O)O)c(N)[nH]c(=O)c2C(=O)O)cc1. The van der Waals surface area contributed by atoms with Gasteiger partial charge in [-0.15, -0.1) is 0 Å². The van der Waals surface area contributed by atoms with E-state index in [0.29, 0.717) is 16.7 Å². The highest BCUT2D eigenvalue weighted by Gasteiger charge is 2.28. The molecule has 0 atom stereocenters. The van der Waals surface area contributed by atoms with E-state index in [9.17, 15) is 29.4 Å². The Labute approximate surface area is 169 Å². The first-order valence-electron chi connectivity index (χ1n) is 8.56. The molecule has 5 N–H and O–H groups in total. The summed E-state index contributed by atoms with van der Waals surface area (Å²) in [7, 11) is 1.25. The number of nitrogens with one attached hydrogen (secondary N) is 1. The van der Waals surface area contributed by atoms with Gasteiger partial charge in [-0.25, -0.2) is 14.4 Å². The first kappa shape index (κ1) is 20.3. The molecule has 0 radical (unpaired) electrons. The Kier molecular flexibility index (Phi) is 5.37. The van der Waals surface area contributed by atoms with Gasteiger partial charge < -0.3 is 25.7 Å². The van der Waals surface area contributed by atoms with Crippen LogP contribution in [0.4, 0.5) is 5.82 Å². The molecular weight excluding hydrogens is 392 g/mol. The molecule has 9 nitrogen and oxygen atoms in total. The zero-order valence-corrected chi connectivity index (χ0v) is 15.6. The fraction of sp³-hybridized carbons (Fsp3) is 0.0476. The van der Waals surface area contributed by atoms with Crippen molar-refractivity contribution in [3.63, 3.8) is 0 Å².